The summed E-state index contributed by atoms with van der Waals surface area (Å²) in [6.07, 6.45) is 7.11. The minimum atomic E-state index is 0.483. The summed E-state index contributed by atoms with van der Waals surface area (Å²) >= 11 is 0. The maximum Gasteiger partial charge on any atom is 0.0183 e. The lowest BCUT2D eigenvalue weighted by Gasteiger charge is -2.23. The third-order valence-corrected chi connectivity index (χ3v) is 3.60. The van der Waals surface area contributed by atoms with Crippen LogP contribution in [0.25, 0.3) is 0 Å². The van der Waals surface area contributed by atoms with Gasteiger partial charge in [0.2, 0.25) is 0 Å². The highest BCUT2D eigenvalue weighted by Crippen LogP contribution is 2.43. The summed E-state index contributed by atoms with van der Waals surface area (Å²) in [7, 11) is 0. The maximum atomic E-state index is 6.00. The third kappa shape index (κ3) is 1.17. The third-order valence-electron chi connectivity index (χ3n) is 3.60. The van der Waals surface area contributed by atoms with Crippen LogP contribution in [0.5, 0.6) is 0 Å². The van der Waals surface area contributed by atoms with Crippen LogP contribution in [0.15, 0.2) is 0 Å². The van der Waals surface area contributed by atoms with Crippen LogP contribution in [0.3, 0.4) is 0 Å². The number of hydrogen-bond donors (Lipinski definition) is 1. The summed E-state index contributed by atoms with van der Waals surface area (Å²) in [5, 5.41) is 0. The molecule has 1 saturated heterocycles. The Morgan fingerprint density at radius 1 is 1.08 bits per heavy atom. The molecule has 2 heteroatoms. The Labute approximate surface area is 74.1 Å². The van der Waals surface area contributed by atoms with E-state index in [1.807, 2.05) is 0 Å². The number of nitrogens with zero attached hydrogens (tertiary/aromatic N) is 1. The van der Waals surface area contributed by atoms with Gasteiger partial charge in [-0.2, -0.15) is 0 Å². The number of likely N-dealkylation sites (tertiary alicyclic amines) is 1. The van der Waals surface area contributed by atoms with E-state index in [0.29, 0.717) is 6.04 Å². The average Bonchev–Trinajstić information content (AvgIpc) is 2.92. The predicted octanol–water partition coefficient (Wildman–Crippen LogP) is 0.960. The van der Waals surface area contributed by atoms with Crippen molar-refractivity contribution in [3.63, 3.8) is 0 Å². The average molecular weight is 166 g/mol. The lowest BCUT2D eigenvalue weighted by atomic mass is 10.1. The van der Waals surface area contributed by atoms with Gasteiger partial charge in [0.1, 0.15) is 0 Å². The SMILES string of the molecule is NC1CC(C2CC2)N(C2CC2)C1. The van der Waals surface area contributed by atoms with Crippen molar-refractivity contribution in [2.75, 3.05) is 6.54 Å². The zero-order valence-electron chi connectivity index (χ0n) is 7.58. The molecule has 0 radical (unpaired) electrons. The number of nitrogens with two attached hydrogens (primary N) is 1. The molecule has 2 aliphatic carbocycles. The van der Waals surface area contributed by atoms with Gasteiger partial charge in [0, 0.05) is 24.7 Å². The van der Waals surface area contributed by atoms with E-state index in [1.54, 1.807) is 0 Å². The molecule has 0 aromatic carbocycles. The minimum Gasteiger partial charge on any atom is -0.326 e. The van der Waals surface area contributed by atoms with Crippen molar-refractivity contribution in [3.05, 3.63) is 0 Å². The van der Waals surface area contributed by atoms with Crippen molar-refractivity contribution in [2.45, 2.75) is 50.2 Å². The second-order valence-electron chi connectivity index (χ2n) is 4.83. The molecule has 3 aliphatic rings. The first-order chi connectivity index (χ1) is 5.84. The summed E-state index contributed by atoms with van der Waals surface area (Å²) in [4.78, 5) is 2.71. The zero-order valence-corrected chi connectivity index (χ0v) is 7.58. The monoisotopic (exact) mass is 166 g/mol. The Balaban J connectivity index is 1.71. The normalized spacial score (nSPS) is 43.8. The van der Waals surface area contributed by atoms with Gasteiger partial charge >= 0.3 is 0 Å². The molecule has 0 amide bonds. The van der Waals surface area contributed by atoms with Crippen LogP contribution in [0.2, 0.25) is 0 Å². The van der Waals surface area contributed by atoms with Crippen LogP contribution in [0, 0.1) is 5.92 Å². The van der Waals surface area contributed by atoms with E-state index in [9.17, 15) is 0 Å². The molecule has 0 bridgehead atoms. The van der Waals surface area contributed by atoms with Crippen LogP contribution in [-0.4, -0.2) is 29.6 Å². The predicted molar refractivity (Wildman–Crippen MR) is 48.8 cm³/mol. The van der Waals surface area contributed by atoms with Crippen LogP contribution in [0.1, 0.15) is 32.1 Å². The van der Waals surface area contributed by atoms with Crippen LogP contribution < -0.4 is 5.73 Å². The molecule has 2 unspecified atom stereocenters. The smallest absolute Gasteiger partial charge is 0.0183 e. The Kier molecular flexibility index (Phi) is 1.50. The minimum absolute atomic E-state index is 0.483. The number of hydrogen-bond acceptors (Lipinski definition) is 2. The Bertz CT molecular complexity index is 164. The molecule has 1 heterocycles. The van der Waals surface area contributed by atoms with E-state index in [2.05, 4.69) is 4.90 Å². The maximum absolute atomic E-state index is 6.00. The second-order valence-corrected chi connectivity index (χ2v) is 4.83. The Hall–Kier alpha value is -0.0800. The van der Waals surface area contributed by atoms with Crippen molar-refractivity contribution >= 4 is 0 Å². The molecule has 2 atom stereocenters. The molecule has 3 rings (SSSR count). The van der Waals surface area contributed by atoms with Crippen LogP contribution in [-0.2, 0) is 0 Å². The standard InChI is InChI=1S/C10H18N2/c11-8-5-10(7-1-2-7)12(6-8)9-3-4-9/h7-10H,1-6,11H2. The van der Waals surface area contributed by atoms with Gasteiger partial charge in [-0.05, 0) is 38.0 Å². The van der Waals surface area contributed by atoms with Gasteiger partial charge in [-0.15, -0.1) is 0 Å². The quantitative estimate of drug-likeness (QED) is 0.662. The molecule has 12 heavy (non-hydrogen) atoms. The lowest BCUT2D eigenvalue weighted by molar-refractivity contribution is 0.221. The molecular weight excluding hydrogens is 148 g/mol. The van der Waals surface area contributed by atoms with Crippen LogP contribution >= 0.6 is 0 Å². The summed E-state index contributed by atoms with van der Waals surface area (Å²) in [5.74, 6) is 1.03. The summed E-state index contributed by atoms with van der Waals surface area (Å²) in [6, 6.07) is 2.30. The highest BCUT2D eigenvalue weighted by molar-refractivity contribution is 5.01. The summed E-state index contributed by atoms with van der Waals surface area (Å²) in [6.45, 7) is 1.19. The highest BCUT2D eigenvalue weighted by Gasteiger charge is 2.45. The second kappa shape index (κ2) is 2.46. The van der Waals surface area contributed by atoms with E-state index in [0.717, 1.165) is 18.0 Å². The van der Waals surface area contributed by atoms with Crippen LogP contribution in [0.4, 0.5) is 0 Å². The fourth-order valence-electron chi connectivity index (χ4n) is 2.70. The highest BCUT2D eigenvalue weighted by atomic mass is 15.3. The molecule has 2 nitrogen and oxygen atoms in total. The largest absolute Gasteiger partial charge is 0.326 e. The Morgan fingerprint density at radius 3 is 2.42 bits per heavy atom. The van der Waals surface area contributed by atoms with Crippen molar-refractivity contribution in [2.24, 2.45) is 11.7 Å². The molecule has 2 saturated carbocycles. The van der Waals surface area contributed by atoms with Gasteiger partial charge in [0.25, 0.3) is 0 Å². The summed E-state index contributed by atoms with van der Waals surface area (Å²) in [5.41, 5.74) is 6.00. The molecule has 0 aromatic heterocycles. The van der Waals surface area contributed by atoms with Gasteiger partial charge in [-0.3, -0.25) is 4.90 Å². The molecular formula is C10H18N2. The van der Waals surface area contributed by atoms with Crippen molar-refractivity contribution in [1.82, 2.24) is 4.90 Å². The summed E-state index contributed by atoms with van der Waals surface area (Å²) < 4.78 is 0. The molecule has 1 aliphatic heterocycles. The van der Waals surface area contributed by atoms with Crippen molar-refractivity contribution in [3.8, 4) is 0 Å². The van der Waals surface area contributed by atoms with Gasteiger partial charge < -0.3 is 5.73 Å². The molecule has 2 N–H and O–H groups in total. The van der Waals surface area contributed by atoms with E-state index in [-0.39, 0.29) is 0 Å². The van der Waals surface area contributed by atoms with E-state index >= 15 is 0 Å². The zero-order chi connectivity index (χ0) is 8.13. The fraction of sp³-hybridized carbons (Fsp3) is 1.00. The fourth-order valence-corrected chi connectivity index (χ4v) is 2.70. The van der Waals surface area contributed by atoms with Gasteiger partial charge in [-0.1, -0.05) is 0 Å². The molecule has 0 spiro atoms. The van der Waals surface area contributed by atoms with E-state index in [4.69, 9.17) is 5.73 Å². The van der Waals surface area contributed by atoms with E-state index in [1.165, 1.54) is 38.6 Å². The van der Waals surface area contributed by atoms with Crippen molar-refractivity contribution < 1.29 is 0 Å². The van der Waals surface area contributed by atoms with E-state index < -0.39 is 0 Å². The van der Waals surface area contributed by atoms with Crippen molar-refractivity contribution in [1.29, 1.82) is 0 Å². The first kappa shape index (κ1) is 7.34. The first-order valence-corrected chi connectivity index (χ1v) is 5.36. The first-order valence-electron chi connectivity index (χ1n) is 5.36. The Morgan fingerprint density at radius 2 is 1.83 bits per heavy atom. The molecule has 68 valence electrons. The van der Waals surface area contributed by atoms with Gasteiger partial charge in [0.05, 0.1) is 0 Å². The number of rotatable bonds is 2. The molecule has 3 fully saturated rings. The van der Waals surface area contributed by atoms with Gasteiger partial charge in [-0.25, -0.2) is 0 Å². The lowest BCUT2D eigenvalue weighted by Crippen LogP contribution is -2.33. The molecule has 0 aromatic rings. The topological polar surface area (TPSA) is 29.3 Å². The van der Waals surface area contributed by atoms with Gasteiger partial charge in [0.15, 0.2) is 0 Å².